The molecule has 1 aromatic heterocycles. The zero-order chi connectivity index (χ0) is 13.1. The summed E-state index contributed by atoms with van der Waals surface area (Å²) in [7, 11) is 0. The second-order valence-corrected chi connectivity index (χ2v) is 6.67. The maximum atomic E-state index is 14.0. The van der Waals surface area contributed by atoms with E-state index in [0.29, 0.717) is 10.6 Å². The molecule has 1 N–H and O–H groups in total. The van der Waals surface area contributed by atoms with Crippen LogP contribution in [0.1, 0.15) is 23.4 Å². The molecule has 1 heterocycles. The first kappa shape index (κ1) is 14.0. The lowest BCUT2D eigenvalue weighted by Gasteiger charge is -2.18. The van der Waals surface area contributed by atoms with Gasteiger partial charge in [0.15, 0.2) is 0 Å². The van der Waals surface area contributed by atoms with Crippen LogP contribution in [-0.4, -0.2) is 6.54 Å². The molecule has 0 saturated heterocycles. The van der Waals surface area contributed by atoms with Crippen molar-refractivity contribution in [2.45, 2.75) is 13.0 Å². The number of hydrogen-bond donors (Lipinski definition) is 1. The highest BCUT2D eigenvalue weighted by atomic mass is 79.9. The molecule has 0 bridgehead atoms. The maximum Gasteiger partial charge on any atom is 0.129 e. The van der Waals surface area contributed by atoms with Gasteiger partial charge in [-0.05, 0) is 46.7 Å². The molecule has 0 amide bonds. The molecular weight excluding hydrogens is 337 g/mol. The van der Waals surface area contributed by atoms with Crippen molar-refractivity contribution in [2.24, 2.45) is 0 Å². The molecule has 0 aliphatic heterocycles. The van der Waals surface area contributed by atoms with Crippen LogP contribution < -0.4 is 5.32 Å². The van der Waals surface area contributed by atoms with Crippen molar-refractivity contribution in [3.8, 4) is 0 Å². The van der Waals surface area contributed by atoms with Crippen molar-refractivity contribution < 1.29 is 4.39 Å². The van der Waals surface area contributed by atoms with Crippen LogP contribution in [0.3, 0.4) is 0 Å². The van der Waals surface area contributed by atoms with Gasteiger partial charge >= 0.3 is 0 Å². The summed E-state index contributed by atoms with van der Waals surface area (Å²) in [6.07, 6.45) is 0. The molecule has 1 aromatic carbocycles. The highest BCUT2D eigenvalue weighted by molar-refractivity contribution is 9.11. The van der Waals surface area contributed by atoms with Gasteiger partial charge in [-0.15, -0.1) is 11.3 Å². The molecule has 2 aromatic rings. The van der Waals surface area contributed by atoms with Crippen LogP contribution in [0.25, 0.3) is 0 Å². The summed E-state index contributed by atoms with van der Waals surface area (Å²) >= 11 is 11.1. The van der Waals surface area contributed by atoms with Gasteiger partial charge in [0.2, 0.25) is 0 Å². The van der Waals surface area contributed by atoms with Gasteiger partial charge in [-0.1, -0.05) is 24.6 Å². The summed E-state index contributed by atoms with van der Waals surface area (Å²) in [5, 5.41) is 3.72. The summed E-state index contributed by atoms with van der Waals surface area (Å²) < 4.78 is 15.0. The molecular formula is C13H12BrClFNS. The van der Waals surface area contributed by atoms with Gasteiger partial charge in [0.1, 0.15) is 5.82 Å². The first-order valence-corrected chi connectivity index (χ1v) is 7.54. The van der Waals surface area contributed by atoms with E-state index in [1.54, 1.807) is 23.5 Å². The lowest BCUT2D eigenvalue weighted by Crippen LogP contribution is -2.22. The van der Waals surface area contributed by atoms with E-state index >= 15 is 0 Å². The zero-order valence-electron chi connectivity index (χ0n) is 9.71. The van der Waals surface area contributed by atoms with Gasteiger partial charge in [-0.25, -0.2) is 4.39 Å². The second-order valence-electron chi connectivity index (χ2n) is 3.77. The van der Waals surface area contributed by atoms with E-state index in [0.717, 1.165) is 15.2 Å². The standard InChI is InChI=1S/C13H12BrClFNS/c1-2-17-13(10-6-7-11(14)18-10)12-8(15)4-3-5-9(12)16/h3-7,13,17H,2H2,1H3. The molecule has 0 radical (unpaired) electrons. The Labute approximate surface area is 123 Å². The lowest BCUT2D eigenvalue weighted by atomic mass is 10.0. The molecule has 0 aliphatic carbocycles. The third-order valence-corrected chi connectivity index (χ3v) is 4.59. The number of nitrogens with one attached hydrogen (secondary N) is 1. The van der Waals surface area contributed by atoms with Crippen LogP contribution in [0.5, 0.6) is 0 Å². The fourth-order valence-electron chi connectivity index (χ4n) is 1.82. The predicted octanol–water partition coefficient (Wildman–Crippen LogP) is 5.00. The van der Waals surface area contributed by atoms with Gasteiger partial charge in [-0.3, -0.25) is 0 Å². The van der Waals surface area contributed by atoms with E-state index < -0.39 is 0 Å². The minimum atomic E-state index is -0.280. The van der Waals surface area contributed by atoms with Gasteiger partial charge < -0.3 is 5.32 Å². The summed E-state index contributed by atoms with van der Waals surface area (Å²) in [4.78, 5) is 1.04. The molecule has 96 valence electrons. The third kappa shape index (κ3) is 2.94. The van der Waals surface area contributed by atoms with Crippen LogP contribution in [0, 0.1) is 5.82 Å². The van der Waals surface area contributed by atoms with E-state index in [4.69, 9.17) is 11.6 Å². The van der Waals surface area contributed by atoms with Crippen molar-refractivity contribution >= 4 is 38.9 Å². The largest absolute Gasteiger partial charge is 0.306 e. The Kier molecular flexibility index (Phi) is 4.78. The van der Waals surface area contributed by atoms with E-state index in [1.807, 2.05) is 19.1 Å². The average Bonchev–Trinajstić information content (AvgIpc) is 2.74. The molecule has 2 rings (SSSR count). The SMILES string of the molecule is CCNC(c1ccc(Br)s1)c1c(F)cccc1Cl. The van der Waals surface area contributed by atoms with Crippen molar-refractivity contribution in [2.75, 3.05) is 6.54 Å². The Bertz CT molecular complexity index is 523. The number of thiophene rings is 1. The van der Waals surface area contributed by atoms with E-state index in [2.05, 4.69) is 21.2 Å². The summed E-state index contributed by atoms with van der Waals surface area (Å²) in [6.45, 7) is 2.73. The number of halogens is 3. The highest BCUT2D eigenvalue weighted by Crippen LogP contribution is 2.35. The predicted molar refractivity (Wildman–Crippen MR) is 78.9 cm³/mol. The summed E-state index contributed by atoms with van der Waals surface area (Å²) in [5.74, 6) is -0.280. The second kappa shape index (κ2) is 6.15. The minimum absolute atomic E-state index is 0.208. The Morgan fingerprint density at radius 2 is 2.17 bits per heavy atom. The fraction of sp³-hybridized carbons (Fsp3) is 0.231. The molecule has 0 fully saturated rings. The lowest BCUT2D eigenvalue weighted by molar-refractivity contribution is 0.563. The maximum absolute atomic E-state index is 14.0. The molecule has 1 nitrogen and oxygen atoms in total. The van der Waals surface area contributed by atoms with Gasteiger partial charge in [0.05, 0.1) is 9.83 Å². The fourth-order valence-corrected chi connectivity index (χ4v) is 3.60. The topological polar surface area (TPSA) is 12.0 Å². The van der Waals surface area contributed by atoms with Crippen molar-refractivity contribution in [1.82, 2.24) is 5.32 Å². The normalized spacial score (nSPS) is 12.7. The Morgan fingerprint density at radius 1 is 1.39 bits per heavy atom. The van der Waals surface area contributed by atoms with Crippen molar-refractivity contribution in [1.29, 1.82) is 0 Å². The van der Waals surface area contributed by atoms with Gasteiger partial charge in [0, 0.05) is 15.5 Å². The third-order valence-electron chi connectivity index (χ3n) is 2.58. The van der Waals surface area contributed by atoms with Gasteiger partial charge in [-0.2, -0.15) is 0 Å². The Balaban J connectivity index is 2.47. The number of rotatable bonds is 4. The smallest absolute Gasteiger partial charge is 0.129 e. The molecule has 18 heavy (non-hydrogen) atoms. The molecule has 0 aliphatic rings. The van der Waals surface area contributed by atoms with Crippen LogP contribution in [-0.2, 0) is 0 Å². The minimum Gasteiger partial charge on any atom is -0.306 e. The molecule has 1 unspecified atom stereocenters. The van der Waals surface area contributed by atoms with Crippen molar-refractivity contribution in [3.05, 3.63) is 55.4 Å². The van der Waals surface area contributed by atoms with E-state index in [9.17, 15) is 4.39 Å². The molecule has 0 saturated carbocycles. The Morgan fingerprint density at radius 3 is 2.72 bits per heavy atom. The van der Waals surface area contributed by atoms with Crippen LogP contribution in [0.15, 0.2) is 34.1 Å². The average molecular weight is 349 g/mol. The summed E-state index contributed by atoms with van der Waals surface area (Å²) in [6, 6.07) is 8.50. The number of benzene rings is 1. The zero-order valence-corrected chi connectivity index (χ0v) is 12.9. The van der Waals surface area contributed by atoms with Crippen LogP contribution in [0.4, 0.5) is 4.39 Å². The van der Waals surface area contributed by atoms with E-state index in [1.165, 1.54) is 6.07 Å². The van der Waals surface area contributed by atoms with Crippen LogP contribution in [0.2, 0.25) is 5.02 Å². The van der Waals surface area contributed by atoms with Crippen molar-refractivity contribution in [3.63, 3.8) is 0 Å². The van der Waals surface area contributed by atoms with Crippen LogP contribution >= 0.6 is 38.9 Å². The quantitative estimate of drug-likeness (QED) is 0.819. The molecule has 0 spiro atoms. The van der Waals surface area contributed by atoms with Gasteiger partial charge in [0.25, 0.3) is 0 Å². The van der Waals surface area contributed by atoms with E-state index in [-0.39, 0.29) is 11.9 Å². The summed E-state index contributed by atoms with van der Waals surface area (Å²) in [5.41, 5.74) is 0.510. The first-order valence-electron chi connectivity index (χ1n) is 5.56. The molecule has 1 atom stereocenters. The first-order chi connectivity index (χ1) is 8.63. The highest BCUT2D eigenvalue weighted by Gasteiger charge is 2.21. The Hall–Kier alpha value is -0.420. The number of hydrogen-bond acceptors (Lipinski definition) is 2. The molecule has 5 heteroatoms. The monoisotopic (exact) mass is 347 g/mol.